The molecule has 0 aromatic heterocycles. The predicted molar refractivity (Wildman–Crippen MR) is 108 cm³/mol. The van der Waals surface area contributed by atoms with Crippen molar-refractivity contribution in [1.82, 2.24) is 5.32 Å². The van der Waals surface area contributed by atoms with E-state index in [1.54, 1.807) is 18.2 Å². The highest BCUT2D eigenvalue weighted by Gasteiger charge is 2.15. The summed E-state index contributed by atoms with van der Waals surface area (Å²) >= 11 is 5.97. The van der Waals surface area contributed by atoms with Crippen molar-refractivity contribution in [3.8, 4) is 6.07 Å². The molecular weight excluding hydrogens is 358 g/mol. The molecule has 0 saturated heterocycles. The van der Waals surface area contributed by atoms with Crippen LogP contribution in [0.15, 0.2) is 78.9 Å². The third-order valence-electron chi connectivity index (χ3n) is 4.11. The Bertz CT molecular complexity index is 913. The maximum atomic E-state index is 12.4. The summed E-state index contributed by atoms with van der Waals surface area (Å²) in [6, 6.07) is 26.6. The van der Waals surface area contributed by atoms with Gasteiger partial charge in [0.25, 0.3) is 0 Å². The van der Waals surface area contributed by atoms with Gasteiger partial charge in [-0.25, -0.2) is 0 Å². The van der Waals surface area contributed by atoms with E-state index in [0.29, 0.717) is 16.3 Å². The van der Waals surface area contributed by atoms with Gasteiger partial charge < -0.3 is 5.32 Å². The standard InChI is InChI=1S/C22H18ClN3O/c23-19-12-11-18(14-24)20(13-19)26-21(27)15-25-22(16-7-3-1-4-8-16)17-9-5-2-6-10-17/h1-13,22,25H,15H2,(H,26,27). The van der Waals surface area contributed by atoms with Crippen LogP contribution in [0.2, 0.25) is 5.02 Å². The van der Waals surface area contributed by atoms with Crippen LogP contribution in [0.25, 0.3) is 0 Å². The Labute approximate surface area is 163 Å². The first kappa shape index (κ1) is 18.7. The Morgan fingerprint density at radius 3 is 2.11 bits per heavy atom. The molecule has 134 valence electrons. The molecule has 0 aliphatic rings. The fourth-order valence-corrected chi connectivity index (χ4v) is 3.00. The summed E-state index contributed by atoms with van der Waals surface area (Å²) in [6.07, 6.45) is 0. The molecule has 1 amide bonds. The zero-order valence-electron chi connectivity index (χ0n) is 14.5. The van der Waals surface area contributed by atoms with Gasteiger partial charge in [0.05, 0.1) is 23.8 Å². The summed E-state index contributed by atoms with van der Waals surface area (Å²) in [6.45, 7) is 0.0891. The molecule has 4 nitrogen and oxygen atoms in total. The minimum absolute atomic E-state index is 0.0891. The van der Waals surface area contributed by atoms with Crippen LogP contribution in [-0.2, 0) is 4.79 Å². The van der Waals surface area contributed by atoms with Crippen molar-refractivity contribution >= 4 is 23.2 Å². The van der Waals surface area contributed by atoms with Crippen molar-refractivity contribution in [2.45, 2.75) is 6.04 Å². The van der Waals surface area contributed by atoms with Crippen molar-refractivity contribution in [1.29, 1.82) is 5.26 Å². The first-order chi connectivity index (χ1) is 13.2. The Morgan fingerprint density at radius 2 is 1.56 bits per heavy atom. The highest BCUT2D eigenvalue weighted by molar-refractivity contribution is 6.31. The molecule has 27 heavy (non-hydrogen) atoms. The number of carbonyl (C=O) groups is 1. The maximum Gasteiger partial charge on any atom is 0.238 e. The molecule has 3 rings (SSSR count). The molecule has 0 bridgehead atoms. The lowest BCUT2D eigenvalue weighted by molar-refractivity contribution is -0.115. The fraction of sp³-hybridized carbons (Fsp3) is 0.0909. The number of nitrogens with one attached hydrogen (secondary N) is 2. The van der Waals surface area contributed by atoms with Crippen LogP contribution in [0.1, 0.15) is 22.7 Å². The van der Waals surface area contributed by atoms with E-state index in [9.17, 15) is 10.1 Å². The quantitative estimate of drug-likeness (QED) is 0.665. The molecular formula is C22H18ClN3O. The second kappa shape index (κ2) is 9.00. The lowest BCUT2D eigenvalue weighted by Crippen LogP contribution is -2.32. The summed E-state index contributed by atoms with van der Waals surface area (Å²) < 4.78 is 0. The van der Waals surface area contributed by atoms with Crippen LogP contribution in [0.4, 0.5) is 5.69 Å². The predicted octanol–water partition coefficient (Wildman–Crippen LogP) is 4.53. The largest absolute Gasteiger partial charge is 0.324 e. The van der Waals surface area contributed by atoms with Gasteiger partial charge in [-0.15, -0.1) is 0 Å². The molecule has 0 saturated carbocycles. The van der Waals surface area contributed by atoms with Gasteiger partial charge in [0.15, 0.2) is 0 Å². The average Bonchev–Trinajstić information content (AvgIpc) is 2.70. The van der Waals surface area contributed by atoms with Crippen molar-refractivity contribution in [2.24, 2.45) is 0 Å². The molecule has 3 aromatic carbocycles. The minimum atomic E-state index is -0.245. The van der Waals surface area contributed by atoms with Gasteiger partial charge in [0, 0.05) is 5.02 Å². The third kappa shape index (κ3) is 4.95. The van der Waals surface area contributed by atoms with E-state index in [0.717, 1.165) is 11.1 Å². The lowest BCUT2D eigenvalue weighted by atomic mass is 9.99. The number of hydrogen-bond acceptors (Lipinski definition) is 3. The van der Waals surface area contributed by atoms with Gasteiger partial charge in [-0.2, -0.15) is 5.26 Å². The number of rotatable bonds is 6. The molecule has 0 radical (unpaired) electrons. The van der Waals surface area contributed by atoms with Gasteiger partial charge in [-0.1, -0.05) is 72.3 Å². The van der Waals surface area contributed by atoms with E-state index in [1.807, 2.05) is 60.7 Å². The normalized spacial score (nSPS) is 10.4. The number of carbonyl (C=O) groups excluding carboxylic acids is 1. The van der Waals surface area contributed by atoms with Crippen molar-refractivity contribution < 1.29 is 4.79 Å². The van der Waals surface area contributed by atoms with Gasteiger partial charge in [0.2, 0.25) is 5.91 Å². The van der Waals surface area contributed by atoms with Crippen molar-refractivity contribution in [3.05, 3.63) is 101 Å². The number of halogens is 1. The Morgan fingerprint density at radius 1 is 0.963 bits per heavy atom. The van der Waals surface area contributed by atoms with Gasteiger partial charge in [0.1, 0.15) is 6.07 Å². The number of benzene rings is 3. The zero-order valence-corrected chi connectivity index (χ0v) is 15.3. The van der Waals surface area contributed by atoms with E-state index >= 15 is 0 Å². The van der Waals surface area contributed by atoms with Crippen LogP contribution in [0, 0.1) is 11.3 Å². The number of nitriles is 1. The maximum absolute atomic E-state index is 12.4. The van der Waals surface area contributed by atoms with E-state index in [-0.39, 0.29) is 18.5 Å². The van der Waals surface area contributed by atoms with Crippen LogP contribution >= 0.6 is 11.6 Å². The molecule has 0 atom stereocenters. The van der Waals surface area contributed by atoms with Crippen LogP contribution in [0.3, 0.4) is 0 Å². The minimum Gasteiger partial charge on any atom is -0.324 e. The Kier molecular flexibility index (Phi) is 6.22. The molecule has 0 fully saturated rings. The van der Waals surface area contributed by atoms with E-state index in [4.69, 9.17) is 11.6 Å². The SMILES string of the molecule is N#Cc1ccc(Cl)cc1NC(=O)CNC(c1ccccc1)c1ccccc1. The van der Waals surface area contributed by atoms with Crippen LogP contribution in [-0.4, -0.2) is 12.5 Å². The summed E-state index contributed by atoms with van der Waals surface area (Å²) in [5.74, 6) is -0.245. The van der Waals surface area contributed by atoms with Crippen LogP contribution < -0.4 is 10.6 Å². The molecule has 0 aliphatic carbocycles. The van der Waals surface area contributed by atoms with Crippen molar-refractivity contribution in [3.63, 3.8) is 0 Å². The van der Waals surface area contributed by atoms with Crippen LogP contribution in [0.5, 0.6) is 0 Å². The Hall–Kier alpha value is -3.13. The second-order valence-electron chi connectivity index (χ2n) is 5.99. The number of anilines is 1. The number of nitrogens with zero attached hydrogens (tertiary/aromatic N) is 1. The Balaban J connectivity index is 1.74. The monoisotopic (exact) mass is 375 g/mol. The summed E-state index contributed by atoms with van der Waals surface area (Å²) in [7, 11) is 0. The molecule has 5 heteroatoms. The average molecular weight is 376 g/mol. The molecule has 0 aliphatic heterocycles. The molecule has 0 unspecified atom stereocenters. The number of amides is 1. The highest BCUT2D eigenvalue weighted by atomic mass is 35.5. The first-order valence-corrected chi connectivity index (χ1v) is 8.88. The molecule has 2 N–H and O–H groups in total. The second-order valence-corrected chi connectivity index (χ2v) is 6.42. The van der Waals surface area contributed by atoms with Gasteiger partial charge in [-0.05, 0) is 29.3 Å². The molecule has 0 spiro atoms. The van der Waals surface area contributed by atoms with E-state index in [2.05, 4.69) is 16.7 Å². The van der Waals surface area contributed by atoms with Gasteiger partial charge >= 0.3 is 0 Å². The lowest BCUT2D eigenvalue weighted by Gasteiger charge is -2.20. The van der Waals surface area contributed by atoms with E-state index < -0.39 is 0 Å². The smallest absolute Gasteiger partial charge is 0.238 e. The summed E-state index contributed by atoms with van der Waals surface area (Å²) in [4.78, 5) is 12.4. The van der Waals surface area contributed by atoms with E-state index in [1.165, 1.54) is 0 Å². The molecule has 3 aromatic rings. The third-order valence-corrected chi connectivity index (χ3v) is 4.34. The topological polar surface area (TPSA) is 64.9 Å². The first-order valence-electron chi connectivity index (χ1n) is 8.50. The summed E-state index contributed by atoms with van der Waals surface area (Å²) in [5, 5.41) is 15.7. The highest BCUT2D eigenvalue weighted by Crippen LogP contribution is 2.22. The number of hydrogen-bond donors (Lipinski definition) is 2. The fourth-order valence-electron chi connectivity index (χ4n) is 2.83. The molecule has 0 heterocycles. The zero-order chi connectivity index (χ0) is 19.1. The van der Waals surface area contributed by atoms with Gasteiger partial charge in [-0.3, -0.25) is 10.1 Å². The summed E-state index contributed by atoms with van der Waals surface area (Å²) in [5.41, 5.74) is 2.91. The van der Waals surface area contributed by atoms with Crippen molar-refractivity contribution in [2.75, 3.05) is 11.9 Å².